The number of benzene rings is 5. The first kappa shape index (κ1) is 22.9. The summed E-state index contributed by atoms with van der Waals surface area (Å²) in [7, 11) is 0. The smallest absolute Gasteiger partial charge is 0.115 e. The molecule has 186 valence electrons. The van der Waals surface area contributed by atoms with Crippen LogP contribution in [0.1, 0.15) is 5.56 Å². The van der Waals surface area contributed by atoms with Gasteiger partial charge in [0.05, 0.1) is 11.0 Å². The molecule has 0 saturated heterocycles. The van der Waals surface area contributed by atoms with Gasteiger partial charge in [-0.1, -0.05) is 60.7 Å². The molecule has 0 atom stereocenters. The Morgan fingerprint density at radius 1 is 0.564 bits per heavy atom. The van der Waals surface area contributed by atoms with E-state index in [2.05, 4.69) is 148 Å². The van der Waals surface area contributed by atoms with Gasteiger partial charge in [0, 0.05) is 51.5 Å². The highest BCUT2D eigenvalue weighted by Crippen LogP contribution is 2.39. The van der Waals surface area contributed by atoms with Crippen LogP contribution in [0.4, 0.5) is 17.1 Å². The van der Waals surface area contributed by atoms with Gasteiger partial charge in [-0.15, -0.1) is 0 Å². The average molecular weight is 503 g/mol. The average Bonchev–Trinajstić information content (AvgIpc) is 3.33. The predicted octanol–water partition coefficient (Wildman–Crippen LogP) is 9.02. The van der Waals surface area contributed by atoms with Crippen LogP contribution in [0.3, 0.4) is 0 Å². The van der Waals surface area contributed by atoms with E-state index in [0.29, 0.717) is 0 Å². The molecule has 0 bridgehead atoms. The Balaban J connectivity index is 1.42. The van der Waals surface area contributed by atoms with Crippen molar-refractivity contribution < 1.29 is 0 Å². The molecule has 2 aromatic heterocycles. The van der Waals surface area contributed by atoms with E-state index in [0.717, 1.165) is 33.9 Å². The van der Waals surface area contributed by atoms with Gasteiger partial charge in [0.2, 0.25) is 0 Å². The summed E-state index contributed by atoms with van der Waals surface area (Å²) in [6.07, 6.45) is 5.29. The van der Waals surface area contributed by atoms with Crippen LogP contribution in [-0.4, -0.2) is 14.5 Å². The van der Waals surface area contributed by atoms with Crippen LogP contribution in [0.25, 0.3) is 38.6 Å². The summed E-state index contributed by atoms with van der Waals surface area (Å²) in [6, 6.07) is 43.1. The summed E-state index contributed by atoms with van der Waals surface area (Å²) in [5.41, 5.74) is 10.2. The van der Waals surface area contributed by atoms with Crippen molar-refractivity contribution in [3.63, 3.8) is 0 Å². The minimum atomic E-state index is 1.02. The zero-order valence-corrected chi connectivity index (χ0v) is 21.6. The molecule has 0 fully saturated rings. The Bertz CT molecular complexity index is 1870. The zero-order valence-electron chi connectivity index (χ0n) is 21.6. The number of para-hydroxylation sites is 3. The lowest BCUT2D eigenvalue weighted by molar-refractivity contribution is 1.16. The lowest BCUT2D eigenvalue weighted by Crippen LogP contribution is -2.09. The van der Waals surface area contributed by atoms with Crippen molar-refractivity contribution in [2.75, 3.05) is 4.90 Å². The summed E-state index contributed by atoms with van der Waals surface area (Å²) in [4.78, 5) is 10.7. The van der Waals surface area contributed by atoms with Gasteiger partial charge in [0.25, 0.3) is 0 Å². The van der Waals surface area contributed by atoms with Gasteiger partial charge in [-0.25, -0.2) is 9.97 Å². The summed E-state index contributed by atoms with van der Waals surface area (Å²) < 4.78 is 2.36. The fourth-order valence-corrected chi connectivity index (χ4v) is 5.53. The minimum Gasteiger partial charge on any atom is -0.310 e. The number of aryl methyl sites for hydroxylation is 1. The van der Waals surface area contributed by atoms with Gasteiger partial charge >= 0.3 is 0 Å². The van der Waals surface area contributed by atoms with Crippen LogP contribution in [0, 0.1) is 6.92 Å². The Hall–Kier alpha value is -5.22. The van der Waals surface area contributed by atoms with E-state index in [4.69, 9.17) is 0 Å². The van der Waals surface area contributed by atoms with Crippen molar-refractivity contribution in [1.29, 1.82) is 0 Å². The van der Waals surface area contributed by atoms with Gasteiger partial charge in [-0.05, 0) is 78.7 Å². The molecular weight excluding hydrogens is 476 g/mol. The fourth-order valence-electron chi connectivity index (χ4n) is 5.53. The Kier molecular flexibility index (Phi) is 5.64. The van der Waals surface area contributed by atoms with Crippen molar-refractivity contribution in [2.24, 2.45) is 0 Å². The predicted molar refractivity (Wildman–Crippen MR) is 161 cm³/mol. The van der Waals surface area contributed by atoms with Crippen molar-refractivity contribution in [3.05, 3.63) is 146 Å². The fraction of sp³-hybridized carbons (Fsp3) is 0.0286. The molecule has 0 amide bonds. The molecule has 4 nitrogen and oxygen atoms in total. The van der Waals surface area contributed by atoms with Gasteiger partial charge in [0.1, 0.15) is 6.33 Å². The largest absolute Gasteiger partial charge is 0.310 e. The highest BCUT2D eigenvalue weighted by atomic mass is 15.1. The van der Waals surface area contributed by atoms with Crippen LogP contribution in [0.2, 0.25) is 0 Å². The number of aromatic nitrogens is 3. The Morgan fingerprint density at radius 2 is 1.21 bits per heavy atom. The second-order valence-electron chi connectivity index (χ2n) is 9.69. The first-order valence-corrected chi connectivity index (χ1v) is 13.1. The molecule has 5 aromatic carbocycles. The maximum absolute atomic E-state index is 4.20. The molecular formula is C35H26N4. The molecule has 0 radical (unpaired) electrons. The number of rotatable bonds is 5. The van der Waals surface area contributed by atoms with Gasteiger partial charge in [-0.2, -0.15) is 0 Å². The van der Waals surface area contributed by atoms with E-state index < -0.39 is 0 Å². The van der Waals surface area contributed by atoms with Crippen LogP contribution >= 0.6 is 0 Å². The van der Waals surface area contributed by atoms with E-state index in [9.17, 15) is 0 Å². The van der Waals surface area contributed by atoms with Crippen LogP contribution < -0.4 is 4.90 Å². The monoisotopic (exact) mass is 502 g/mol. The molecule has 7 rings (SSSR count). The van der Waals surface area contributed by atoms with E-state index >= 15 is 0 Å². The maximum Gasteiger partial charge on any atom is 0.115 e. The van der Waals surface area contributed by atoms with Gasteiger partial charge in [-0.3, -0.25) is 0 Å². The second-order valence-corrected chi connectivity index (χ2v) is 9.69. The third kappa shape index (κ3) is 4.03. The van der Waals surface area contributed by atoms with E-state index in [-0.39, 0.29) is 0 Å². The number of hydrogen-bond donors (Lipinski definition) is 0. The van der Waals surface area contributed by atoms with E-state index in [1.807, 2.05) is 12.4 Å². The highest BCUT2D eigenvalue weighted by molar-refractivity contribution is 6.10. The SMILES string of the molecule is Cc1cc(-n2c3ccccc3c3cc(N(c4ccccc4)c4ccccc4)ccc32)ccc1-c1cncnc1. The van der Waals surface area contributed by atoms with Crippen molar-refractivity contribution >= 4 is 38.9 Å². The number of fused-ring (bicyclic) bond motifs is 3. The number of nitrogens with zero attached hydrogens (tertiary/aromatic N) is 4. The standard InChI is InChI=1S/C35H26N4/c1-25-20-29(16-18-31(25)26-22-36-24-37-23-26)39-34-15-9-8-14-32(34)33-21-30(17-19-35(33)39)38(27-10-4-2-5-11-27)28-12-6-3-7-13-28/h2-24H,1H3. The summed E-state index contributed by atoms with van der Waals surface area (Å²) >= 11 is 0. The summed E-state index contributed by atoms with van der Waals surface area (Å²) in [5, 5.41) is 2.45. The summed E-state index contributed by atoms with van der Waals surface area (Å²) in [6.45, 7) is 2.15. The molecule has 0 spiro atoms. The molecule has 4 heteroatoms. The van der Waals surface area contributed by atoms with Crippen LogP contribution in [0.5, 0.6) is 0 Å². The lowest BCUT2D eigenvalue weighted by Gasteiger charge is -2.25. The Labute approximate surface area is 227 Å². The quantitative estimate of drug-likeness (QED) is 0.235. The molecule has 39 heavy (non-hydrogen) atoms. The normalized spacial score (nSPS) is 11.2. The molecule has 2 heterocycles. The van der Waals surface area contributed by atoms with Crippen molar-refractivity contribution in [2.45, 2.75) is 6.92 Å². The zero-order chi connectivity index (χ0) is 26.2. The maximum atomic E-state index is 4.20. The van der Waals surface area contributed by atoms with Crippen molar-refractivity contribution in [1.82, 2.24) is 14.5 Å². The van der Waals surface area contributed by atoms with Gasteiger partial charge in [0.15, 0.2) is 0 Å². The molecule has 0 aliphatic carbocycles. The van der Waals surface area contributed by atoms with Crippen molar-refractivity contribution in [3.8, 4) is 16.8 Å². The minimum absolute atomic E-state index is 1.02. The third-order valence-corrected chi connectivity index (χ3v) is 7.28. The summed E-state index contributed by atoms with van der Waals surface area (Å²) in [5.74, 6) is 0. The lowest BCUT2D eigenvalue weighted by atomic mass is 10.0. The molecule has 0 aliphatic heterocycles. The first-order valence-electron chi connectivity index (χ1n) is 13.1. The highest BCUT2D eigenvalue weighted by Gasteiger charge is 2.17. The molecule has 0 aliphatic rings. The third-order valence-electron chi connectivity index (χ3n) is 7.28. The van der Waals surface area contributed by atoms with Crippen LogP contribution in [0.15, 0.2) is 140 Å². The topological polar surface area (TPSA) is 34.0 Å². The van der Waals surface area contributed by atoms with E-state index in [1.54, 1.807) is 6.33 Å². The Morgan fingerprint density at radius 3 is 1.90 bits per heavy atom. The second kappa shape index (κ2) is 9.58. The van der Waals surface area contributed by atoms with E-state index in [1.165, 1.54) is 27.4 Å². The number of hydrogen-bond acceptors (Lipinski definition) is 3. The molecule has 7 aromatic rings. The molecule has 0 unspecified atom stereocenters. The molecule has 0 N–H and O–H groups in total. The molecule has 0 saturated carbocycles. The van der Waals surface area contributed by atoms with Gasteiger partial charge < -0.3 is 9.47 Å². The van der Waals surface area contributed by atoms with Crippen LogP contribution in [-0.2, 0) is 0 Å². The number of anilines is 3. The first-order chi connectivity index (χ1) is 19.3.